The number of nitrogens with zero attached hydrogens (tertiary/aromatic N) is 2. The van der Waals surface area contributed by atoms with Gasteiger partial charge in [-0.2, -0.15) is 0 Å². The highest BCUT2D eigenvalue weighted by molar-refractivity contribution is 7.15. The number of thiazole rings is 1. The van der Waals surface area contributed by atoms with Gasteiger partial charge in [-0.25, -0.2) is 4.98 Å². The van der Waals surface area contributed by atoms with E-state index in [9.17, 15) is 0 Å². The van der Waals surface area contributed by atoms with Gasteiger partial charge in [-0.3, -0.25) is 0 Å². The summed E-state index contributed by atoms with van der Waals surface area (Å²) < 4.78 is 0. The van der Waals surface area contributed by atoms with E-state index in [1.807, 2.05) is 11.3 Å². The van der Waals surface area contributed by atoms with Crippen molar-refractivity contribution < 1.29 is 0 Å². The second kappa shape index (κ2) is 6.23. The summed E-state index contributed by atoms with van der Waals surface area (Å²) in [6.07, 6.45) is 9.20. The molecule has 19 heavy (non-hydrogen) atoms. The van der Waals surface area contributed by atoms with Crippen LogP contribution in [0, 0.1) is 0 Å². The fourth-order valence-electron chi connectivity index (χ4n) is 3.25. The third-order valence-corrected chi connectivity index (χ3v) is 5.54. The third kappa shape index (κ3) is 2.95. The predicted octanol–water partition coefficient (Wildman–Crippen LogP) is 3.51. The number of anilines is 1. The Morgan fingerprint density at radius 2 is 2.00 bits per heavy atom. The molecule has 1 aromatic heterocycles. The van der Waals surface area contributed by atoms with E-state index in [-0.39, 0.29) is 0 Å². The Balaban J connectivity index is 1.80. The highest BCUT2D eigenvalue weighted by Crippen LogP contribution is 2.38. The van der Waals surface area contributed by atoms with Crippen LogP contribution in [0.3, 0.4) is 0 Å². The van der Waals surface area contributed by atoms with Crippen LogP contribution in [-0.2, 0) is 6.42 Å². The summed E-state index contributed by atoms with van der Waals surface area (Å²) in [6, 6.07) is 0.562. The molecule has 0 radical (unpaired) electrons. The molecule has 0 saturated carbocycles. The monoisotopic (exact) mass is 279 g/mol. The van der Waals surface area contributed by atoms with E-state index in [4.69, 9.17) is 4.98 Å². The van der Waals surface area contributed by atoms with Crippen molar-refractivity contribution in [1.82, 2.24) is 10.3 Å². The number of aromatic nitrogens is 1. The molecule has 3 rings (SSSR count). The molecule has 1 fully saturated rings. The molecule has 1 saturated heterocycles. The molecule has 1 aromatic rings. The third-order valence-electron chi connectivity index (χ3n) is 4.27. The van der Waals surface area contributed by atoms with E-state index in [2.05, 4.69) is 17.1 Å². The number of fused-ring (bicyclic) bond motifs is 1. The average Bonchev–Trinajstić information content (AvgIpc) is 2.68. The lowest BCUT2D eigenvalue weighted by molar-refractivity contribution is 0.476. The molecule has 3 nitrogen and oxygen atoms in total. The highest BCUT2D eigenvalue weighted by atomic mass is 32.1. The molecule has 1 unspecified atom stereocenters. The number of hydrogen-bond acceptors (Lipinski definition) is 4. The van der Waals surface area contributed by atoms with Gasteiger partial charge in [0, 0.05) is 24.0 Å². The van der Waals surface area contributed by atoms with Gasteiger partial charge in [-0.15, -0.1) is 0 Å². The van der Waals surface area contributed by atoms with Gasteiger partial charge in [0.1, 0.15) is 0 Å². The summed E-state index contributed by atoms with van der Waals surface area (Å²) in [5, 5.41) is 4.91. The molecule has 4 heteroatoms. The lowest BCUT2D eigenvalue weighted by Gasteiger charge is -2.21. The van der Waals surface area contributed by atoms with E-state index in [0.717, 1.165) is 6.54 Å². The summed E-state index contributed by atoms with van der Waals surface area (Å²) in [5.74, 6) is 0. The minimum atomic E-state index is 0.562. The van der Waals surface area contributed by atoms with E-state index in [1.54, 1.807) is 0 Å². The number of nitrogens with one attached hydrogen (secondary N) is 1. The molecule has 1 aliphatic heterocycles. The van der Waals surface area contributed by atoms with Crippen molar-refractivity contribution in [2.75, 3.05) is 24.5 Å². The molecule has 0 spiro atoms. The molecule has 0 bridgehead atoms. The maximum absolute atomic E-state index is 4.95. The van der Waals surface area contributed by atoms with Gasteiger partial charge in [-0.1, -0.05) is 31.1 Å². The second-order valence-corrected chi connectivity index (χ2v) is 6.72. The van der Waals surface area contributed by atoms with Gasteiger partial charge in [0.15, 0.2) is 5.13 Å². The summed E-state index contributed by atoms with van der Waals surface area (Å²) in [5.41, 5.74) is 1.38. The van der Waals surface area contributed by atoms with Gasteiger partial charge in [0.05, 0.1) is 5.69 Å². The molecule has 2 heterocycles. The molecule has 1 aliphatic carbocycles. The Morgan fingerprint density at radius 1 is 1.21 bits per heavy atom. The number of rotatable bonds is 3. The van der Waals surface area contributed by atoms with E-state index in [1.165, 1.54) is 73.7 Å². The molecular formula is C15H25N3S. The van der Waals surface area contributed by atoms with E-state index >= 15 is 0 Å². The topological polar surface area (TPSA) is 28.2 Å². The van der Waals surface area contributed by atoms with Crippen LogP contribution in [0.25, 0.3) is 0 Å². The molecule has 1 atom stereocenters. The number of aryl methyl sites for hydroxylation is 1. The van der Waals surface area contributed by atoms with Gasteiger partial charge in [0.2, 0.25) is 0 Å². The lowest BCUT2D eigenvalue weighted by Crippen LogP contribution is -2.23. The number of hydrogen-bond donors (Lipinski definition) is 1. The largest absolute Gasteiger partial charge is 0.348 e. The van der Waals surface area contributed by atoms with Crippen molar-refractivity contribution in [2.45, 2.75) is 57.9 Å². The maximum Gasteiger partial charge on any atom is 0.185 e. The van der Waals surface area contributed by atoms with Crippen molar-refractivity contribution in [3.63, 3.8) is 0 Å². The van der Waals surface area contributed by atoms with Gasteiger partial charge < -0.3 is 10.2 Å². The molecular weight excluding hydrogens is 254 g/mol. The van der Waals surface area contributed by atoms with Crippen molar-refractivity contribution in [3.8, 4) is 0 Å². The van der Waals surface area contributed by atoms with Crippen LogP contribution >= 0.6 is 11.3 Å². The first-order chi connectivity index (χ1) is 9.38. The lowest BCUT2D eigenvalue weighted by atomic mass is 9.98. The van der Waals surface area contributed by atoms with Crippen LogP contribution in [0.5, 0.6) is 0 Å². The van der Waals surface area contributed by atoms with Crippen LogP contribution in [-0.4, -0.2) is 24.6 Å². The van der Waals surface area contributed by atoms with Crippen LogP contribution in [0.15, 0.2) is 0 Å². The maximum atomic E-state index is 4.95. The highest BCUT2D eigenvalue weighted by Gasteiger charge is 2.25. The standard InChI is InChI=1S/C15H25N3S/c1-2-16-12-8-7-9-13-14(12)19-15(17-13)18-10-5-3-4-6-11-18/h12,16H,2-11H2,1H3. The predicted molar refractivity (Wildman–Crippen MR) is 82.2 cm³/mol. The summed E-state index contributed by atoms with van der Waals surface area (Å²) in [6.45, 7) is 5.67. The summed E-state index contributed by atoms with van der Waals surface area (Å²) >= 11 is 1.95. The zero-order chi connectivity index (χ0) is 13.1. The van der Waals surface area contributed by atoms with Crippen molar-refractivity contribution in [2.24, 2.45) is 0 Å². The van der Waals surface area contributed by atoms with Crippen molar-refractivity contribution >= 4 is 16.5 Å². The summed E-state index contributed by atoms with van der Waals surface area (Å²) in [7, 11) is 0. The molecule has 1 N–H and O–H groups in total. The first-order valence-electron chi connectivity index (χ1n) is 7.86. The fourth-order valence-corrected chi connectivity index (χ4v) is 4.52. The smallest absolute Gasteiger partial charge is 0.185 e. The Labute approximate surface area is 120 Å². The Morgan fingerprint density at radius 3 is 2.74 bits per heavy atom. The molecule has 0 amide bonds. The zero-order valence-electron chi connectivity index (χ0n) is 12.0. The summed E-state index contributed by atoms with van der Waals surface area (Å²) in [4.78, 5) is 9.00. The SMILES string of the molecule is CCNC1CCCc2nc(N3CCCCCC3)sc21. The van der Waals surface area contributed by atoms with Crippen LogP contribution in [0.2, 0.25) is 0 Å². The zero-order valence-corrected chi connectivity index (χ0v) is 12.8. The van der Waals surface area contributed by atoms with Crippen molar-refractivity contribution in [1.29, 1.82) is 0 Å². The first-order valence-corrected chi connectivity index (χ1v) is 8.68. The van der Waals surface area contributed by atoms with Gasteiger partial charge in [-0.05, 0) is 38.6 Å². The minimum Gasteiger partial charge on any atom is -0.348 e. The minimum absolute atomic E-state index is 0.562. The Bertz CT molecular complexity index is 408. The average molecular weight is 279 g/mol. The Hall–Kier alpha value is -0.610. The molecule has 2 aliphatic rings. The van der Waals surface area contributed by atoms with E-state index in [0.29, 0.717) is 6.04 Å². The van der Waals surface area contributed by atoms with E-state index < -0.39 is 0 Å². The van der Waals surface area contributed by atoms with Crippen molar-refractivity contribution in [3.05, 3.63) is 10.6 Å². The van der Waals surface area contributed by atoms with Gasteiger partial charge >= 0.3 is 0 Å². The fraction of sp³-hybridized carbons (Fsp3) is 0.800. The van der Waals surface area contributed by atoms with Gasteiger partial charge in [0.25, 0.3) is 0 Å². The molecule has 106 valence electrons. The van der Waals surface area contributed by atoms with Crippen LogP contribution in [0.1, 0.15) is 62.1 Å². The molecule has 0 aromatic carbocycles. The second-order valence-electron chi connectivity index (χ2n) is 5.71. The normalized spacial score (nSPS) is 24.1. The quantitative estimate of drug-likeness (QED) is 0.917. The van der Waals surface area contributed by atoms with Crippen LogP contribution < -0.4 is 10.2 Å². The Kier molecular flexibility index (Phi) is 4.38. The van der Waals surface area contributed by atoms with Crippen LogP contribution in [0.4, 0.5) is 5.13 Å². The first kappa shape index (κ1) is 13.4.